The largest absolute Gasteiger partial charge is 0.493 e. The summed E-state index contributed by atoms with van der Waals surface area (Å²) in [5.41, 5.74) is 4.70. The summed E-state index contributed by atoms with van der Waals surface area (Å²) in [4.78, 5) is 70.1. The number of benzene rings is 6. The van der Waals surface area contributed by atoms with Gasteiger partial charge in [-0.2, -0.15) is 0 Å². The number of aliphatic hydroxyl groups is 1. The number of anilines is 1. The predicted molar refractivity (Wildman–Crippen MR) is 286 cm³/mol. The van der Waals surface area contributed by atoms with Gasteiger partial charge < -0.3 is 34.3 Å². The number of carbonyl (C=O) groups excluding carboxylic acids is 4. The second-order valence-electron chi connectivity index (χ2n) is 20.0. The van der Waals surface area contributed by atoms with Crippen molar-refractivity contribution in [3.63, 3.8) is 0 Å². The number of cyclic esters (lactones) is 1. The molecule has 0 bridgehead atoms. The van der Waals surface area contributed by atoms with Crippen molar-refractivity contribution >= 4 is 29.5 Å². The van der Waals surface area contributed by atoms with E-state index in [9.17, 15) is 5.11 Å². The number of methoxy groups -OCH3 is 2. The number of nitrogens with one attached hydrogen (secondary N) is 1. The minimum atomic E-state index is -2.06. The van der Waals surface area contributed by atoms with E-state index in [0.29, 0.717) is 45.9 Å². The summed E-state index contributed by atoms with van der Waals surface area (Å²) in [6.07, 6.45) is 5.57. The molecule has 0 saturated carbocycles. The number of amides is 4. The Morgan fingerprint density at radius 2 is 1.46 bits per heavy atom. The van der Waals surface area contributed by atoms with Crippen LogP contribution in [0.1, 0.15) is 101 Å². The van der Waals surface area contributed by atoms with Gasteiger partial charge in [0, 0.05) is 24.2 Å². The van der Waals surface area contributed by atoms with Gasteiger partial charge in [0.1, 0.15) is 29.9 Å². The van der Waals surface area contributed by atoms with Crippen LogP contribution in [0.4, 0.5) is 10.5 Å². The standard InChI is InChI=1S/C63H60N4O9/c1-40(43-20-10-5-11-21-43)64-62(72)66-50-31-30-42(29-28-41-18-8-4-9-19-41)36-49(50)63(61(66)71)54(59(69)65-33-32-46-37-52(73-2)53(74-3)38-47(46)39-65)56-60(70)76-57(45-24-14-7-15-25-45)55(44-22-12-6-13-23-44)67(56)58(63)48-26-16-17-27-51(48)75-35-34-68/h5-7,10-18,20-27,30-31,36-38,40,54-58,68H,4,8-9,19,32-35,39H2,1-3H3,(H,64,72)/t40-,54+,55+,56+,57-,58-,63+/m1/s1. The van der Waals surface area contributed by atoms with E-state index in [0.717, 1.165) is 53.5 Å². The van der Waals surface area contributed by atoms with Crippen LogP contribution in [0.25, 0.3) is 0 Å². The molecule has 4 amide bonds. The Kier molecular flexibility index (Phi) is 14.0. The van der Waals surface area contributed by atoms with Crippen molar-refractivity contribution in [2.45, 2.75) is 81.3 Å². The van der Waals surface area contributed by atoms with Crippen LogP contribution in [0, 0.1) is 17.8 Å². The summed E-state index contributed by atoms with van der Waals surface area (Å²) in [5.74, 6) is 4.81. The van der Waals surface area contributed by atoms with Crippen molar-refractivity contribution in [2.75, 3.05) is 38.9 Å². The number of hydrogen-bond acceptors (Lipinski definition) is 10. The van der Waals surface area contributed by atoms with Crippen LogP contribution in [0.15, 0.2) is 157 Å². The van der Waals surface area contributed by atoms with Crippen LogP contribution >= 0.6 is 0 Å². The zero-order valence-electron chi connectivity index (χ0n) is 42.8. The second-order valence-corrected chi connectivity index (χ2v) is 20.0. The van der Waals surface area contributed by atoms with E-state index < -0.39 is 65.4 Å². The van der Waals surface area contributed by atoms with Gasteiger partial charge >= 0.3 is 12.0 Å². The van der Waals surface area contributed by atoms with Crippen LogP contribution in [0.3, 0.4) is 0 Å². The molecule has 76 heavy (non-hydrogen) atoms. The summed E-state index contributed by atoms with van der Waals surface area (Å²) in [7, 11) is 3.14. The highest BCUT2D eigenvalue weighted by Crippen LogP contribution is 2.67. The molecule has 0 unspecified atom stereocenters. The SMILES string of the molecule is COc1cc2c(cc1OC)CN(C(=O)[C@@H]1[C@H]3C(=O)O[C@H](c4ccccc4)[C@H](c4ccccc4)N3[C@H](c3ccccc3OCCO)[C@@]13C(=O)N(C(=O)N[C@H](C)c1ccccc1)c1ccc(C#CC4=CCCCC4)cc13)CC2. The van der Waals surface area contributed by atoms with Gasteiger partial charge in [-0.1, -0.05) is 127 Å². The molecule has 2 fully saturated rings. The first-order chi connectivity index (χ1) is 37.2. The van der Waals surface area contributed by atoms with Gasteiger partial charge in [-0.3, -0.25) is 19.3 Å². The van der Waals surface area contributed by atoms with Gasteiger partial charge in [0.25, 0.3) is 0 Å². The van der Waals surface area contributed by atoms with Crippen LogP contribution in [0.5, 0.6) is 17.2 Å². The van der Waals surface area contributed by atoms with E-state index in [-0.39, 0.29) is 32.0 Å². The Labute approximate surface area is 443 Å². The minimum absolute atomic E-state index is 0.0905. The fraction of sp³-hybridized carbons (Fsp3) is 0.302. The molecule has 13 heteroatoms. The number of fused-ring (bicyclic) bond motifs is 4. The molecule has 2 saturated heterocycles. The molecular formula is C63H60N4O9. The summed E-state index contributed by atoms with van der Waals surface area (Å²) in [6, 6.07) is 40.4. The lowest BCUT2D eigenvalue weighted by atomic mass is 9.64. The van der Waals surface area contributed by atoms with Crippen LogP contribution in [-0.4, -0.2) is 78.7 Å². The molecule has 386 valence electrons. The molecule has 4 heterocycles. The van der Waals surface area contributed by atoms with Gasteiger partial charge in [0.2, 0.25) is 11.8 Å². The fourth-order valence-electron chi connectivity index (χ4n) is 12.4. The summed E-state index contributed by atoms with van der Waals surface area (Å²) in [5, 5.41) is 13.4. The first kappa shape index (κ1) is 50.0. The number of esters is 1. The van der Waals surface area contributed by atoms with Crippen molar-refractivity contribution in [3.8, 4) is 29.1 Å². The summed E-state index contributed by atoms with van der Waals surface area (Å²) >= 11 is 0. The van der Waals surface area contributed by atoms with Gasteiger partial charge in [0.05, 0.1) is 50.6 Å². The molecule has 1 aliphatic carbocycles. The Morgan fingerprint density at radius 3 is 2.16 bits per heavy atom. The smallest absolute Gasteiger partial charge is 0.329 e. The molecule has 13 nitrogen and oxygen atoms in total. The second kappa shape index (κ2) is 21.2. The van der Waals surface area contributed by atoms with Crippen LogP contribution < -0.4 is 24.4 Å². The lowest BCUT2D eigenvalue weighted by molar-refractivity contribution is -0.179. The highest BCUT2D eigenvalue weighted by molar-refractivity contribution is 6.25. The number of aliphatic hydroxyl groups excluding tert-OH is 1. The molecule has 5 aliphatic rings. The van der Waals surface area contributed by atoms with Gasteiger partial charge in [-0.25, -0.2) is 9.69 Å². The number of rotatable bonds is 11. The fourth-order valence-corrected chi connectivity index (χ4v) is 12.4. The Balaban J connectivity index is 1.20. The molecule has 0 radical (unpaired) electrons. The van der Waals surface area contributed by atoms with Crippen molar-refractivity contribution in [1.29, 1.82) is 0 Å². The Hall–Kier alpha value is -8.18. The molecule has 4 aliphatic heterocycles. The zero-order chi connectivity index (χ0) is 52.5. The van der Waals surface area contributed by atoms with E-state index in [2.05, 4.69) is 23.2 Å². The molecule has 1 spiro atoms. The third kappa shape index (κ3) is 8.75. The number of ether oxygens (including phenoxy) is 4. The molecule has 2 N–H and O–H groups in total. The average molecular weight is 1020 g/mol. The minimum Gasteiger partial charge on any atom is -0.493 e. The lowest BCUT2D eigenvalue weighted by Crippen LogP contribution is -2.57. The quantitative estimate of drug-likeness (QED) is 0.0950. The van der Waals surface area contributed by atoms with Crippen molar-refractivity contribution < 1.29 is 43.2 Å². The van der Waals surface area contributed by atoms with Crippen molar-refractivity contribution in [2.24, 2.45) is 5.92 Å². The summed E-state index contributed by atoms with van der Waals surface area (Å²) in [6.45, 7) is 1.82. The van der Waals surface area contributed by atoms with E-state index in [4.69, 9.17) is 18.9 Å². The number of carbonyl (C=O) groups is 4. The normalized spacial score (nSPS) is 23.0. The monoisotopic (exact) mass is 1020 g/mol. The number of urea groups is 1. The number of morpholine rings is 1. The number of nitrogens with zero attached hydrogens (tertiary/aromatic N) is 3. The van der Waals surface area contributed by atoms with Crippen LogP contribution in [-0.2, 0) is 37.5 Å². The first-order valence-corrected chi connectivity index (χ1v) is 26.1. The molecule has 11 rings (SSSR count). The first-order valence-electron chi connectivity index (χ1n) is 26.1. The Morgan fingerprint density at radius 1 is 0.776 bits per heavy atom. The molecule has 0 aromatic heterocycles. The summed E-state index contributed by atoms with van der Waals surface area (Å²) < 4.78 is 24.6. The van der Waals surface area contributed by atoms with E-state index in [1.807, 2.05) is 139 Å². The Bertz CT molecular complexity index is 3280. The lowest BCUT2D eigenvalue weighted by Gasteiger charge is -2.46. The van der Waals surface area contributed by atoms with E-state index in [1.165, 1.54) is 4.90 Å². The van der Waals surface area contributed by atoms with Crippen LogP contribution in [0.2, 0.25) is 0 Å². The van der Waals surface area contributed by atoms with Gasteiger partial charge in [-0.05, 0) is 114 Å². The van der Waals surface area contributed by atoms with Gasteiger partial charge in [-0.15, -0.1) is 0 Å². The highest BCUT2D eigenvalue weighted by Gasteiger charge is 2.76. The van der Waals surface area contributed by atoms with E-state index >= 15 is 19.2 Å². The third-order valence-corrected chi connectivity index (χ3v) is 15.8. The van der Waals surface area contributed by atoms with Crippen molar-refractivity contribution in [3.05, 3.63) is 202 Å². The van der Waals surface area contributed by atoms with Crippen molar-refractivity contribution in [1.82, 2.24) is 15.1 Å². The molecule has 6 aromatic rings. The maximum Gasteiger partial charge on any atom is 0.329 e. The highest BCUT2D eigenvalue weighted by atomic mass is 16.6. The predicted octanol–water partition coefficient (Wildman–Crippen LogP) is 9.65. The molecular weight excluding hydrogens is 957 g/mol. The maximum atomic E-state index is 17.1. The molecule has 6 aromatic carbocycles. The zero-order valence-corrected chi connectivity index (χ0v) is 42.8. The van der Waals surface area contributed by atoms with E-state index in [1.54, 1.807) is 37.3 Å². The molecule has 7 atom stereocenters. The number of para-hydroxylation sites is 1. The number of imide groups is 1. The number of allylic oxidation sites excluding steroid dienone is 2. The van der Waals surface area contributed by atoms with Gasteiger partial charge in [0.15, 0.2) is 11.5 Å². The maximum absolute atomic E-state index is 17.1. The topological polar surface area (TPSA) is 147 Å². The average Bonchev–Trinajstić information content (AvgIpc) is 3.92. The number of hydrogen-bond donors (Lipinski definition) is 2. The third-order valence-electron chi connectivity index (χ3n) is 15.8.